The molecule has 2 fully saturated rings. The Morgan fingerprint density at radius 2 is 1.12 bits per heavy atom. The number of amides is 2. The Kier molecular flexibility index (Phi) is 8.63. The molecule has 2 atom stereocenters. The summed E-state index contributed by atoms with van der Waals surface area (Å²) in [4.78, 5) is 28.0. The first-order valence-electron chi connectivity index (χ1n) is 8.34. The summed E-state index contributed by atoms with van der Waals surface area (Å²) >= 11 is 0. The van der Waals surface area contributed by atoms with Crippen LogP contribution in [-0.4, -0.2) is 97.6 Å². The average molecular weight is 377 g/mol. The molecule has 0 spiro atoms. The van der Waals surface area contributed by atoms with Gasteiger partial charge in [-0.2, -0.15) is 0 Å². The fourth-order valence-electron chi connectivity index (χ4n) is 2.62. The Balaban J connectivity index is 1.60. The highest BCUT2D eigenvalue weighted by Gasteiger charge is 2.24. The first kappa shape index (κ1) is 19.8. The number of nitrogens with zero attached hydrogens (tertiary/aromatic N) is 2. The van der Waals surface area contributed by atoms with E-state index in [0.29, 0.717) is 37.7 Å². The van der Waals surface area contributed by atoms with Crippen LogP contribution in [-0.2, 0) is 9.59 Å². The molecule has 138 valence electrons. The van der Waals surface area contributed by atoms with E-state index in [1.54, 1.807) is 0 Å². The maximum atomic E-state index is 12.2. The summed E-state index contributed by atoms with van der Waals surface area (Å²) in [5.41, 5.74) is 12.0. The third-order valence-corrected chi connectivity index (χ3v) is 6.54. The number of hydrogen-bond acceptors (Lipinski definition) is 8. The molecule has 2 aliphatic heterocycles. The van der Waals surface area contributed by atoms with E-state index in [0.717, 1.165) is 26.2 Å². The predicted molar refractivity (Wildman–Crippen MR) is 99.8 cm³/mol. The van der Waals surface area contributed by atoms with Crippen molar-refractivity contribution in [2.24, 2.45) is 11.5 Å². The molecule has 10 heteroatoms. The molecule has 2 aliphatic rings. The van der Waals surface area contributed by atoms with Gasteiger partial charge in [0, 0.05) is 63.9 Å². The molecule has 2 unspecified atom stereocenters. The summed E-state index contributed by atoms with van der Waals surface area (Å²) in [6.45, 7) is 6.16. The predicted octanol–water partition coefficient (Wildman–Crippen LogP) is -2.11. The van der Waals surface area contributed by atoms with E-state index < -0.39 is 12.1 Å². The molecule has 0 bridgehead atoms. The van der Waals surface area contributed by atoms with Crippen molar-refractivity contribution in [1.29, 1.82) is 0 Å². The largest absolute Gasteiger partial charge is 0.339 e. The highest BCUT2D eigenvalue weighted by atomic mass is 33.1. The van der Waals surface area contributed by atoms with Gasteiger partial charge in [-0.3, -0.25) is 9.59 Å². The monoisotopic (exact) mass is 376 g/mol. The van der Waals surface area contributed by atoms with Crippen molar-refractivity contribution in [3.05, 3.63) is 0 Å². The Morgan fingerprint density at radius 3 is 1.46 bits per heavy atom. The minimum absolute atomic E-state index is 0.00536. The van der Waals surface area contributed by atoms with Crippen LogP contribution in [0.25, 0.3) is 0 Å². The van der Waals surface area contributed by atoms with Gasteiger partial charge in [-0.1, -0.05) is 21.6 Å². The van der Waals surface area contributed by atoms with E-state index in [1.165, 1.54) is 21.6 Å². The third kappa shape index (κ3) is 6.08. The molecule has 2 amide bonds. The van der Waals surface area contributed by atoms with Gasteiger partial charge >= 0.3 is 0 Å². The minimum atomic E-state index is -0.499. The second-order valence-corrected chi connectivity index (χ2v) is 8.48. The van der Waals surface area contributed by atoms with Crippen molar-refractivity contribution in [2.45, 2.75) is 12.1 Å². The van der Waals surface area contributed by atoms with Crippen LogP contribution in [0.2, 0.25) is 0 Å². The van der Waals surface area contributed by atoms with E-state index in [-0.39, 0.29) is 11.8 Å². The zero-order chi connectivity index (χ0) is 17.4. The number of nitrogens with one attached hydrogen (secondary N) is 2. The zero-order valence-electron chi connectivity index (χ0n) is 13.9. The van der Waals surface area contributed by atoms with Crippen LogP contribution >= 0.6 is 21.6 Å². The van der Waals surface area contributed by atoms with Crippen molar-refractivity contribution in [1.82, 2.24) is 20.4 Å². The average Bonchev–Trinajstić information content (AvgIpc) is 2.65. The van der Waals surface area contributed by atoms with Gasteiger partial charge in [0.1, 0.15) is 0 Å². The smallest absolute Gasteiger partial charge is 0.240 e. The van der Waals surface area contributed by atoms with Crippen LogP contribution in [0.1, 0.15) is 0 Å². The second kappa shape index (κ2) is 10.5. The summed E-state index contributed by atoms with van der Waals surface area (Å²) in [7, 11) is 3.02. The normalized spacial score (nSPS) is 21.4. The minimum Gasteiger partial charge on any atom is -0.339 e. The van der Waals surface area contributed by atoms with E-state index in [1.807, 2.05) is 9.80 Å². The Labute approximate surface area is 151 Å². The standard InChI is InChI=1S/C14H28N6O2S2/c15-11(13(21)19-5-1-17-2-6-19)9-23-24-10-12(16)14(22)20-7-3-18-4-8-20/h11-12,17-18H,1-10,15-16H2. The van der Waals surface area contributed by atoms with Crippen LogP contribution in [0.3, 0.4) is 0 Å². The summed E-state index contributed by atoms with van der Waals surface area (Å²) < 4.78 is 0. The molecule has 0 saturated carbocycles. The molecule has 6 N–H and O–H groups in total. The summed E-state index contributed by atoms with van der Waals surface area (Å²) in [5.74, 6) is 1.07. The fourth-order valence-corrected chi connectivity index (χ4v) is 4.85. The van der Waals surface area contributed by atoms with Gasteiger partial charge in [0.15, 0.2) is 0 Å². The maximum absolute atomic E-state index is 12.2. The molecule has 2 rings (SSSR count). The molecule has 0 aromatic heterocycles. The van der Waals surface area contributed by atoms with Gasteiger partial charge in [-0.25, -0.2) is 0 Å². The molecule has 0 aliphatic carbocycles. The molecular weight excluding hydrogens is 348 g/mol. The van der Waals surface area contributed by atoms with Gasteiger partial charge in [0.2, 0.25) is 11.8 Å². The quantitative estimate of drug-likeness (QED) is 0.295. The molecule has 0 aromatic carbocycles. The summed E-state index contributed by atoms with van der Waals surface area (Å²) in [6.07, 6.45) is 0. The number of carbonyl (C=O) groups is 2. The number of rotatable bonds is 7. The lowest BCUT2D eigenvalue weighted by Gasteiger charge is -2.30. The number of piperazine rings is 2. The topological polar surface area (TPSA) is 117 Å². The Morgan fingerprint density at radius 1 is 0.792 bits per heavy atom. The first-order valence-corrected chi connectivity index (χ1v) is 10.8. The molecule has 2 heterocycles. The lowest BCUT2D eigenvalue weighted by molar-refractivity contribution is -0.133. The number of carbonyl (C=O) groups excluding carboxylic acids is 2. The van der Waals surface area contributed by atoms with E-state index in [9.17, 15) is 9.59 Å². The van der Waals surface area contributed by atoms with Gasteiger partial charge < -0.3 is 31.9 Å². The molecule has 24 heavy (non-hydrogen) atoms. The van der Waals surface area contributed by atoms with Crippen molar-refractivity contribution in [2.75, 3.05) is 63.9 Å². The lowest BCUT2D eigenvalue weighted by Crippen LogP contribution is -2.52. The van der Waals surface area contributed by atoms with Crippen LogP contribution < -0.4 is 22.1 Å². The highest BCUT2D eigenvalue weighted by molar-refractivity contribution is 8.76. The molecule has 8 nitrogen and oxygen atoms in total. The van der Waals surface area contributed by atoms with Gasteiger partial charge in [0.05, 0.1) is 12.1 Å². The molecule has 0 radical (unpaired) electrons. The van der Waals surface area contributed by atoms with Gasteiger partial charge in [-0.05, 0) is 0 Å². The summed E-state index contributed by atoms with van der Waals surface area (Å²) in [6, 6.07) is -0.999. The Bertz CT molecular complexity index is 378. The van der Waals surface area contributed by atoms with Gasteiger partial charge in [-0.15, -0.1) is 0 Å². The lowest BCUT2D eigenvalue weighted by atomic mass is 10.2. The molecular formula is C14H28N6O2S2. The van der Waals surface area contributed by atoms with Crippen LogP contribution in [0, 0.1) is 0 Å². The van der Waals surface area contributed by atoms with Crippen molar-refractivity contribution < 1.29 is 9.59 Å². The van der Waals surface area contributed by atoms with E-state index in [2.05, 4.69) is 10.6 Å². The van der Waals surface area contributed by atoms with Crippen LogP contribution in [0.5, 0.6) is 0 Å². The molecule has 0 aromatic rings. The maximum Gasteiger partial charge on any atom is 0.240 e. The van der Waals surface area contributed by atoms with Crippen molar-refractivity contribution >= 4 is 33.4 Å². The van der Waals surface area contributed by atoms with Crippen LogP contribution in [0.4, 0.5) is 0 Å². The zero-order valence-corrected chi connectivity index (χ0v) is 15.5. The van der Waals surface area contributed by atoms with E-state index in [4.69, 9.17) is 11.5 Å². The Hall–Kier alpha value is -0.520. The van der Waals surface area contributed by atoms with E-state index >= 15 is 0 Å². The molecule has 2 saturated heterocycles. The third-order valence-electron chi connectivity index (χ3n) is 4.07. The summed E-state index contributed by atoms with van der Waals surface area (Å²) in [5, 5.41) is 6.43. The highest BCUT2D eigenvalue weighted by Crippen LogP contribution is 2.23. The first-order chi connectivity index (χ1) is 11.6. The van der Waals surface area contributed by atoms with Crippen molar-refractivity contribution in [3.63, 3.8) is 0 Å². The van der Waals surface area contributed by atoms with Crippen molar-refractivity contribution in [3.8, 4) is 0 Å². The van der Waals surface area contributed by atoms with Gasteiger partial charge in [0.25, 0.3) is 0 Å². The number of nitrogens with two attached hydrogens (primary N) is 2. The second-order valence-electron chi connectivity index (χ2n) is 5.93. The SMILES string of the molecule is NC(CSSCC(N)C(=O)N1CCNCC1)C(=O)N1CCNCC1. The van der Waals surface area contributed by atoms with Crippen LogP contribution in [0.15, 0.2) is 0 Å². The number of hydrogen-bond donors (Lipinski definition) is 4. The fraction of sp³-hybridized carbons (Fsp3) is 0.857.